The van der Waals surface area contributed by atoms with Crippen LogP contribution in [0.5, 0.6) is 0 Å². The van der Waals surface area contributed by atoms with Crippen LogP contribution < -0.4 is 10.7 Å². The molecule has 9 nitrogen and oxygen atoms in total. The van der Waals surface area contributed by atoms with E-state index >= 15 is 0 Å². The van der Waals surface area contributed by atoms with Gasteiger partial charge in [-0.3, -0.25) is 19.3 Å². The third-order valence-corrected chi connectivity index (χ3v) is 8.68. The zero-order chi connectivity index (χ0) is 23.1. The highest BCUT2D eigenvalue weighted by Gasteiger charge is 2.60. The van der Waals surface area contributed by atoms with Crippen molar-refractivity contribution in [2.75, 3.05) is 13.2 Å². The van der Waals surface area contributed by atoms with Crippen LogP contribution in [0.1, 0.15) is 78.6 Å². The molecule has 9 heteroatoms. The van der Waals surface area contributed by atoms with Crippen molar-refractivity contribution in [3.05, 3.63) is 0 Å². The van der Waals surface area contributed by atoms with Crippen LogP contribution in [-0.2, 0) is 19.1 Å². The van der Waals surface area contributed by atoms with E-state index < -0.39 is 30.1 Å². The van der Waals surface area contributed by atoms with E-state index in [0.717, 1.165) is 42.7 Å². The Hall–Kier alpha value is -2.45. The number of carbonyl (C=O) groups excluding carboxylic acids is 4. The van der Waals surface area contributed by atoms with Gasteiger partial charge in [0.25, 0.3) is 11.8 Å². The minimum atomic E-state index is -0.802. The molecule has 0 aromatic heterocycles. The van der Waals surface area contributed by atoms with Gasteiger partial charge < -0.3 is 10.1 Å². The van der Waals surface area contributed by atoms with Crippen LogP contribution in [0.4, 0.5) is 4.79 Å². The first-order chi connectivity index (χ1) is 15.1. The molecule has 2 atom stereocenters. The third kappa shape index (κ3) is 3.69. The van der Waals surface area contributed by atoms with E-state index in [2.05, 4.69) is 36.6 Å². The summed E-state index contributed by atoms with van der Waals surface area (Å²) in [6, 6.07) is -0.458. The molecular weight excluding hydrogens is 412 g/mol. The first kappa shape index (κ1) is 22.7. The molecule has 2 unspecified atom stereocenters. The van der Waals surface area contributed by atoms with Gasteiger partial charge in [0.1, 0.15) is 5.54 Å². The van der Waals surface area contributed by atoms with Crippen molar-refractivity contribution >= 4 is 29.5 Å². The molecule has 1 aliphatic heterocycles. The molecule has 0 aromatic carbocycles. The SMILES string of the molecule is CC12CCC(C/C1=N/NC(=O)COC(=O)CCN1C(=O)NC3(CCCCC3)C1=O)C2(C)C. The summed E-state index contributed by atoms with van der Waals surface area (Å²) < 4.78 is 5.02. The van der Waals surface area contributed by atoms with Crippen LogP contribution in [0.15, 0.2) is 5.10 Å². The quantitative estimate of drug-likeness (QED) is 0.369. The van der Waals surface area contributed by atoms with Crippen molar-refractivity contribution < 1.29 is 23.9 Å². The second-order valence-corrected chi connectivity index (χ2v) is 10.5. The number of ether oxygens (including phenoxy) is 1. The molecule has 4 aliphatic rings. The molecule has 1 heterocycles. The topological polar surface area (TPSA) is 117 Å². The van der Waals surface area contributed by atoms with Gasteiger partial charge in [-0.2, -0.15) is 5.10 Å². The van der Waals surface area contributed by atoms with Crippen molar-refractivity contribution in [1.29, 1.82) is 0 Å². The van der Waals surface area contributed by atoms with Gasteiger partial charge in [-0.1, -0.05) is 40.0 Å². The number of hydrogen-bond donors (Lipinski definition) is 2. The number of imide groups is 1. The van der Waals surface area contributed by atoms with E-state index in [9.17, 15) is 19.2 Å². The zero-order valence-electron chi connectivity index (χ0n) is 19.3. The van der Waals surface area contributed by atoms with Gasteiger partial charge in [0.2, 0.25) is 0 Å². The number of rotatable bonds is 6. The fourth-order valence-electron chi connectivity index (χ4n) is 6.05. The first-order valence-corrected chi connectivity index (χ1v) is 11.7. The Bertz CT molecular complexity index is 860. The molecule has 1 spiro atoms. The highest BCUT2D eigenvalue weighted by atomic mass is 16.5. The molecule has 1 saturated heterocycles. The van der Waals surface area contributed by atoms with Gasteiger partial charge in [-0.05, 0) is 43.4 Å². The fourth-order valence-corrected chi connectivity index (χ4v) is 6.05. The molecule has 0 aromatic rings. The number of nitrogens with one attached hydrogen (secondary N) is 2. The van der Waals surface area contributed by atoms with Crippen molar-refractivity contribution in [3.8, 4) is 0 Å². The number of fused-ring (bicyclic) bond motifs is 2. The Morgan fingerprint density at radius 3 is 2.50 bits per heavy atom. The van der Waals surface area contributed by atoms with E-state index in [1.165, 1.54) is 6.42 Å². The first-order valence-electron chi connectivity index (χ1n) is 11.7. The molecule has 2 bridgehead atoms. The van der Waals surface area contributed by atoms with Crippen molar-refractivity contribution in [2.24, 2.45) is 21.8 Å². The number of esters is 1. The summed E-state index contributed by atoms with van der Waals surface area (Å²) in [4.78, 5) is 50.2. The van der Waals surface area contributed by atoms with Crippen molar-refractivity contribution in [3.63, 3.8) is 0 Å². The Morgan fingerprint density at radius 2 is 1.88 bits per heavy atom. The van der Waals surface area contributed by atoms with Crippen LogP contribution in [0, 0.1) is 16.7 Å². The number of hydrazone groups is 1. The molecule has 4 fully saturated rings. The number of carbonyl (C=O) groups is 4. The minimum absolute atomic E-state index is 0.0137. The summed E-state index contributed by atoms with van der Waals surface area (Å²) in [6.45, 7) is 6.24. The largest absolute Gasteiger partial charge is 0.455 e. The molecular formula is C23H34N4O5. The minimum Gasteiger partial charge on any atom is -0.455 e. The molecule has 4 amide bonds. The highest BCUT2D eigenvalue weighted by Crippen LogP contribution is 2.63. The lowest BCUT2D eigenvalue weighted by atomic mass is 9.70. The van der Waals surface area contributed by atoms with E-state index in [1.807, 2.05) is 0 Å². The summed E-state index contributed by atoms with van der Waals surface area (Å²) in [7, 11) is 0. The van der Waals surface area contributed by atoms with Crippen molar-refractivity contribution in [1.82, 2.24) is 15.6 Å². The average Bonchev–Trinajstić information content (AvgIpc) is 3.20. The highest BCUT2D eigenvalue weighted by molar-refractivity contribution is 6.07. The van der Waals surface area contributed by atoms with Gasteiger partial charge in [-0.15, -0.1) is 0 Å². The summed E-state index contributed by atoms with van der Waals surface area (Å²) in [5, 5.41) is 7.16. The summed E-state index contributed by atoms with van der Waals surface area (Å²) in [6.07, 6.45) is 7.13. The molecule has 0 radical (unpaired) electrons. The maximum absolute atomic E-state index is 12.7. The van der Waals surface area contributed by atoms with Gasteiger partial charge in [0.05, 0.1) is 6.42 Å². The predicted octanol–water partition coefficient (Wildman–Crippen LogP) is 2.49. The summed E-state index contributed by atoms with van der Waals surface area (Å²) in [5.41, 5.74) is 2.88. The smallest absolute Gasteiger partial charge is 0.325 e. The zero-order valence-corrected chi connectivity index (χ0v) is 19.3. The van der Waals surface area contributed by atoms with Crippen LogP contribution >= 0.6 is 0 Å². The number of urea groups is 1. The third-order valence-electron chi connectivity index (χ3n) is 8.68. The average molecular weight is 447 g/mol. The van der Waals surface area contributed by atoms with Crippen LogP contribution in [-0.4, -0.2) is 53.1 Å². The van der Waals surface area contributed by atoms with Gasteiger partial charge in [-0.25, -0.2) is 10.2 Å². The number of hydrogen-bond acceptors (Lipinski definition) is 6. The number of nitrogens with zero attached hydrogens (tertiary/aromatic N) is 2. The second-order valence-electron chi connectivity index (χ2n) is 10.5. The van der Waals surface area contributed by atoms with E-state index in [-0.39, 0.29) is 29.7 Å². The Balaban J connectivity index is 1.21. The Morgan fingerprint density at radius 1 is 1.16 bits per heavy atom. The standard InChI is InChI=1S/C23H34N4O5/c1-21(2)15-7-11-22(21,3)16(13-15)25-26-17(28)14-32-18(29)8-12-27-19(30)23(24-20(27)31)9-5-4-6-10-23/h15H,4-14H2,1-3H3,(H,24,31)(H,26,28)/b25-16-. The summed E-state index contributed by atoms with van der Waals surface area (Å²) >= 11 is 0. The normalized spacial score (nSPS) is 31.3. The lowest BCUT2D eigenvalue weighted by Crippen LogP contribution is -2.48. The maximum atomic E-state index is 12.7. The molecule has 3 saturated carbocycles. The lowest BCUT2D eigenvalue weighted by Gasteiger charge is -2.34. The molecule has 4 rings (SSSR count). The van der Waals surface area contributed by atoms with Crippen LogP contribution in [0.3, 0.4) is 0 Å². The fraction of sp³-hybridized carbons (Fsp3) is 0.783. The van der Waals surface area contributed by atoms with Crippen molar-refractivity contribution in [2.45, 2.75) is 84.1 Å². The predicted molar refractivity (Wildman–Crippen MR) is 116 cm³/mol. The number of amides is 4. The molecule has 2 N–H and O–H groups in total. The molecule has 3 aliphatic carbocycles. The molecule has 176 valence electrons. The lowest BCUT2D eigenvalue weighted by molar-refractivity contribution is -0.149. The van der Waals surface area contributed by atoms with E-state index in [1.54, 1.807) is 0 Å². The van der Waals surface area contributed by atoms with E-state index in [0.29, 0.717) is 18.8 Å². The van der Waals surface area contributed by atoms with Crippen LogP contribution in [0.25, 0.3) is 0 Å². The summed E-state index contributed by atoms with van der Waals surface area (Å²) in [5.74, 6) is -0.803. The monoisotopic (exact) mass is 446 g/mol. The Kier molecular flexibility index (Phi) is 5.79. The second kappa shape index (κ2) is 8.15. The van der Waals surface area contributed by atoms with Gasteiger partial charge in [0.15, 0.2) is 6.61 Å². The van der Waals surface area contributed by atoms with Crippen LogP contribution in [0.2, 0.25) is 0 Å². The molecule has 32 heavy (non-hydrogen) atoms. The Labute approximate surface area is 188 Å². The maximum Gasteiger partial charge on any atom is 0.325 e. The van der Waals surface area contributed by atoms with E-state index in [4.69, 9.17) is 4.74 Å². The van der Waals surface area contributed by atoms with Gasteiger partial charge >= 0.3 is 12.0 Å². The van der Waals surface area contributed by atoms with Gasteiger partial charge in [0, 0.05) is 17.7 Å².